The number of nitrogens with zero attached hydrogens (tertiary/aromatic N) is 6. The van der Waals surface area contributed by atoms with Crippen LogP contribution in [0.1, 0.15) is 35.1 Å². The highest BCUT2D eigenvalue weighted by molar-refractivity contribution is 6.24. The molecule has 0 N–H and O–H groups in total. The summed E-state index contributed by atoms with van der Waals surface area (Å²) in [5.41, 5.74) is 8.27. The van der Waals surface area contributed by atoms with Crippen molar-refractivity contribution in [2.45, 2.75) is 52.6 Å². The van der Waals surface area contributed by atoms with Gasteiger partial charge < -0.3 is 9.80 Å². The summed E-state index contributed by atoms with van der Waals surface area (Å²) in [5, 5.41) is 0. The molecule has 4 aliphatic rings. The summed E-state index contributed by atoms with van der Waals surface area (Å²) in [6.45, 7) is 14.4. The third kappa shape index (κ3) is 5.88. The highest BCUT2D eigenvalue weighted by Crippen LogP contribution is 2.32. The van der Waals surface area contributed by atoms with E-state index < -0.39 is 12.1 Å². The lowest BCUT2D eigenvalue weighted by molar-refractivity contribution is -0.124. The fourth-order valence-corrected chi connectivity index (χ4v) is 7.76. The Morgan fingerprint density at radius 1 is 0.479 bits per heavy atom. The van der Waals surface area contributed by atoms with Crippen molar-refractivity contribution >= 4 is 46.4 Å². The lowest BCUT2D eigenvalue weighted by Crippen LogP contribution is -2.52. The van der Waals surface area contributed by atoms with Crippen LogP contribution in [-0.4, -0.2) is 97.9 Å². The minimum atomic E-state index is -0.490. The zero-order valence-electron chi connectivity index (χ0n) is 28.3. The Morgan fingerprint density at radius 3 is 1.19 bits per heavy atom. The molecule has 0 spiro atoms. The normalized spacial score (nSPS) is 22.8. The SMILES string of the molecule is Cc1ccc(C)c(N2CCN(C3CC(=O)N(c4ccc(N5C(=O)CC(N6CCN(c7cc(C)ccc7C)CC6)C5=O)cc4)C3=O)CC2)c1. The third-order valence-corrected chi connectivity index (χ3v) is 10.5. The first-order valence-electron chi connectivity index (χ1n) is 17.0. The van der Waals surface area contributed by atoms with E-state index in [1.807, 2.05) is 0 Å². The lowest BCUT2D eigenvalue weighted by atomic mass is 10.1. The third-order valence-electron chi connectivity index (χ3n) is 10.5. The Kier molecular flexibility index (Phi) is 8.55. The topological polar surface area (TPSA) is 87.7 Å². The lowest BCUT2D eigenvalue weighted by Gasteiger charge is -2.38. The number of carbonyl (C=O) groups excluding carboxylic acids is 4. The first kappa shape index (κ1) is 32.0. The summed E-state index contributed by atoms with van der Waals surface area (Å²) in [4.78, 5) is 65.0. The van der Waals surface area contributed by atoms with Crippen LogP contribution in [0, 0.1) is 27.7 Å². The molecule has 2 atom stereocenters. The van der Waals surface area contributed by atoms with Crippen molar-refractivity contribution in [1.82, 2.24) is 9.80 Å². The van der Waals surface area contributed by atoms with Crippen molar-refractivity contribution < 1.29 is 19.2 Å². The maximum Gasteiger partial charge on any atom is 0.251 e. The van der Waals surface area contributed by atoms with Gasteiger partial charge in [-0.25, -0.2) is 9.80 Å². The van der Waals surface area contributed by atoms with E-state index in [2.05, 4.69) is 83.7 Å². The monoisotopic (exact) mass is 648 g/mol. The standard InChI is InChI=1S/C38H44N6O4/c1-25-5-7-27(3)31(21-25)39-13-17-41(18-14-39)33-23-35(45)43(37(33)47)29-9-11-30(12-10-29)44-36(46)24-34(38(44)48)42-19-15-40(16-20-42)32-22-26(2)6-8-28(32)4/h5-12,21-22,33-34H,13-20,23-24H2,1-4H3. The molecule has 10 nitrogen and oxygen atoms in total. The van der Waals surface area contributed by atoms with Crippen LogP contribution in [0.15, 0.2) is 60.7 Å². The van der Waals surface area contributed by atoms with E-state index >= 15 is 0 Å². The first-order valence-corrected chi connectivity index (χ1v) is 17.0. The van der Waals surface area contributed by atoms with Crippen LogP contribution in [0.25, 0.3) is 0 Å². The molecule has 7 rings (SSSR count). The summed E-state index contributed by atoms with van der Waals surface area (Å²) in [7, 11) is 0. The van der Waals surface area contributed by atoms with Gasteiger partial charge in [-0.3, -0.25) is 29.0 Å². The predicted octanol–water partition coefficient (Wildman–Crippen LogP) is 3.83. The van der Waals surface area contributed by atoms with Crippen molar-refractivity contribution in [3.05, 3.63) is 82.9 Å². The molecule has 48 heavy (non-hydrogen) atoms. The van der Waals surface area contributed by atoms with Gasteiger partial charge in [0.15, 0.2) is 0 Å². The molecule has 0 saturated carbocycles. The predicted molar refractivity (Wildman–Crippen MR) is 188 cm³/mol. The van der Waals surface area contributed by atoms with E-state index in [4.69, 9.17) is 0 Å². The van der Waals surface area contributed by atoms with Gasteiger partial charge in [0, 0.05) is 63.7 Å². The molecule has 0 aliphatic carbocycles. The van der Waals surface area contributed by atoms with E-state index in [1.165, 1.54) is 43.4 Å². The average Bonchev–Trinajstić information content (AvgIpc) is 3.56. The Balaban J connectivity index is 0.972. The first-order chi connectivity index (χ1) is 23.1. The van der Waals surface area contributed by atoms with Crippen molar-refractivity contribution in [1.29, 1.82) is 0 Å². The summed E-state index contributed by atoms with van der Waals surface area (Å²) in [5.74, 6) is -0.908. The second-order valence-electron chi connectivity index (χ2n) is 13.7. The van der Waals surface area contributed by atoms with Gasteiger partial charge in [-0.1, -0.05) is 24.3 Å². The molecule has 4 saturated heterocycles. The number of benzene rings is 3. The van der Waals surface area contributed by atoms with Gasteiger partial charge in [0.25, 0.3) is 11.8 Å². The number of carbonyl (C=O) groups is 4. The molecular weight excluding hydrogens is 604 g/mol. The number of aryl methyl sites for hydroxylation is 4. The molecule has 0 radical (unpaired) electrons. The molecule has 10 heteroatoms. The van der Waals surface area contributed by atoms with Crippen molar-refractivity contribution in [2.24, 2.45) is 0 Å². The van der Waals surface area contributed by atoms with Crippen LogP contribution in [0.4, 0.5) is 22.7 Å². The van der Waals surface area contributed by atoms with E-state index in [9.17, 15) is 19.2 Å². The van der Waals surface area contributed by atoms with Gasteiger partial charge in [-0.15, -0.1) is 0 Å². The van der Waals surface area contributed by atoms with Crippen molar-refractivity contribution in [2.75, 3.05) is 72.0 Å². The smallest absolute Gasteiger partial charge is 0.251 e. The van der Waals surface area contributed by atoms with Crippen LogP contribution in [0.5, 0.6) is 0 Å². The second kappa shape index (κ2) is 12.8. The minimum absolute atomic E-state index is 0.144. The van der Waals surface area contributed by atoms with Crippen LogP contribution < -0.4 is 19.6 Å². The van der Waals surface area contributed by atoms with Gasteiger partial charge in [0.2, 0.25) is 11.8 Å². The molecule has 4 aliphatic heterocycles. The zero-order valence-corrected chi connectivity index (χ0v) is 28.3. The molecule has 0 aromatic heterocycles. The minimum Gasteiger partial charge on any atom is -0.369 e. The quantitative estimate of drug-likeness (QED) is 0.373. The van der Waals surface area contributed by atoms with Crippen LogP contribution >= 0.6 is 0 Å². The fraction of sp³-hybridized carbons (Fsp3) is 0.421. The number of amides is 4. The molecule has 3 aromatic carbocycles. The number of hydrogen-bond acceptors (Lipinski definition) is 8. The molecule has 3 aromatic rings. The number of rotatable bonds is 6. The fourth-order valence-electron chi connectivity index (χ4n) is 7.76. The van der Waals surface area contributed by atoms with E-state index in [-0.39, 0.29) is 36.5 Å². The van der Waals surface area contributed by atoms with Crippen molar-refractivity contribution in [3.63, 3.8) is 0 Å². The van der Waals surface area contributed by atoms with Crippen LogP contribution in [0.3, 0.4) is 0 Å². The van der Waals surface area contributed by atoms with Gasteiger partial charge >= 0.3 is 0 Å². The number of piperazine rings is 2. The molecule has 4 heterocycles. The molecule has 0 bridgehead atoms. The maximum absolute atomic E-state index is 13.6. The van der Waals surface area contributed by atoms with Crippen molar-refractivity contribution in [3.8, 4) is 0 Å². The number of imide groups is 2. The Bertz CT molecular complexity index is 1630. The van der Waals surface area contributed by atoms with Crippen LogP contribution in [-0.2, 0) is 19.2 Å². The Morgan fingerprint density at radius 2 is 0.833 bits per heavy atom. The largest absolute Gasteiger partial charge is 0.369 e. The van der Waals surface area contributed by atoms with Gasteiger partial charge in [-0.05, 0) is 86.3 Å². The summed E-state index contributed by atoms with van der Waals surface area (Å²) in [6.07, 6.45) is 0.289. The number of anilines is 4. The maximum atomic E-state index is 13.6. The summed E-state index contributed by atoms with van der Waals surface area (Å²) >= 11 is 0. The van der Waals surface area contributed by atoms with Crippen LogP contribution in [0.2, 0.25) is 0 Å². The highest BCUT2D eigenvalue weighted by Gasteiger charge is 2.45. The summed E-state index contributed by atoms with van der Waals surface area (Å²) < 4.78 is 0. The van der Waals surface area contributed by atoms with E-state index in [1.54, 1.807) is 24.3 Å². The molecule has 4 amide bonds. The van der Waals surface area contributed by atoms with E-state index in [0.29, 0.717) is 37.6 Å². The Hall–Kier alpha value is -4.54. The Labute approximate surface area is 282 Å². The second-order valence-corrected chi connectivity index (χ2v) is 13.7. The highest BCUT2D eigenvalue weighted by atomic mass is 16.2. The van der Waals surface area contributed by atoms with Gasteiger partial charge in [0.1, 0.15) is 0 Å². The molecule has 4 fully saturated rings. The zero-order chi connectivity index (χ0) is 33.7. The molecule has 250 valence electrons. The van der Waals surface area contributed by atoms with Gasteiger partial charge in [-0.2, -0.15) is 0 Å². The number of hydrogen-bond donors (Lipinski definition) is 0. The van der Waals surface area contributed by atoms with Gasteiger partial charge in [0.05, 0.1) is 36.3 Å². The average molecular weight is 649 g/mol. The summed E-state index contributed by atoms with van der Waals surface area (Å²) in [6, 6.07) is 18.6. The molecular formula is C38H44N6O4. The molecule has 2 unspecified atom stereocenters. The van der Waals surface area contributed by atoms with E-state index in [0.717, 1.165) is 26.2 Å².